The van der Waals surface area contributed by atoms with E-state index in [-0.39, 0.29) is 33.8 Å². The van der Waals surface area contributed by atoms with E-state index in [1.165, 1.54) is 53.0 Å². The van der Waals surface area contributed by atoms with Crippen LogP contribution in [0.4, 0.5) is 0 Å². The fourth-order valence-electron chi connectivity index (χ4n) is 6.88. The van der Waals surface area contributed by atoms with Gasteiger partial charge in [-0.15, -0.1) is 0 Å². The average molecular weight is 738 g/mol. The van der Waals surface area contributed by atoms with Gasteiger partial charge in [0.05, 0.1) is 47.0 Å². The zero-order valence-corrected chi connectivity index (χ0v) is 31.5. The maximum absolute atomic E-state index is 14.1. The van der Waals surface area contributed by atoms with Crippen LogP contribution in [0.15, 0.2) is 47.9 Å². The molecule has 0 saturated heterocycles. The molecule has 3 aliphatic heterocycles. The molecule has 1 aromatic rings. The molecule has 14 heteroatoms. The fraction of sp³-hybridized carbons (Fsp3) is 0.487. The Labute approximate surface area is 307 Å². The highest BCUT2D eigenvalue weighted by Crippen LogP contribution is 2.48. The summed E-state index contributed by atoms with van der Waals surface area (Å²) < 4.78 is 28.7. The van der Waals surface area contributed by atoms with Crippen molar-refractivity contribution in [3.8, 4) is 11.5 Å². The van der Waals surface area contributed by atoms with Crippen LogP contribution < -0.4 is 14.8 Å². The lowest BCUT2D eigenvalue weighted by atomic mass is 9.78. The molecule has 4 aliphatic rings. The lowest BCUT2D eigenvalue weighted by Gasteiger charge is -2.38. The number of hydrogen-bond donors (Lipinski definition) is 3. The van der Waals surface area contributed by atoms with Gasteiger partial charge in [-0.2, -0.15) is 0 Å². The third-order valence-corrected chi connectivity index (χ3v) is 10.0. The largest absolute Gasteiger partial charge is 0.462 e. The number of carbonyl (C=O) groups excluding carboxylic acids is 6. The normalized spacial score (nSPS) is 33.1. The first-order valence-electron chi connectivity index (χ1n) is 17.3. The number of nitrogens with one attached hydrogen (secondary N) is 1. The molecule has 1 aromatic carbocycles. The van der Waals surface area contributed by atoms with Crippen LogP contribution in [-0.4, -0.2) is 82.7 Å². The fourth-order valence-corrected chi connectivity index (χ4v) is 6.88. The van der Waals surface area contributed by atoms with Gasteiger partial charge in [-0.05, 0) is 19.9 Å². The number of amides is 1. The van der Waals surface area contributed by atoms with Crippen molar-refractivity contribution in [1.29, 1.82) is 0 Å². The highest BCUT2D eigenvalue weighted by atomic mass is 16.7. The summed E-state index contributed by atoms with van der Waals surface area (Å²) in [6.45, 7) is 13.4. The van der Waals surface area contributed by atoms with Crippen LogP contribution in [-0.2, 0) is 28.6 Å². The van der Waals surface area contributed by atoms with E-state index >= 15 is 0 Å². The van der Waals surface area contributed by atoms with Gasteiger partial charge in [-0.25, -0.2) is 0 Å². The number of esters is 2. The van der Waals surface area contributed by atoms with E-state index in [0.717, 1.165) is 19.3 Å². The molecular formula is C39H47NO13. The summed E-state index contributed by atoms with van der Waals surface area (Å²) in [6, 6.07) is 0. The maximum atomic E-state index is 14.1. The zero-order chi connectivity index (χ0) is 39.7. The van der Waals surface area contributed by atoms with Gasteiger partial charge in [0.25, 0.3) is 11.7 Å². The maximum Gasteiger partial charge on any atom is 0.312 e. The Morgan fingerprint density at radius 3 is 2.15 bits per heavy atom. The van der Waals surface area contributed by atoms with Gasteiger partial charge in [0, 0.05) is 68.8 Å². The number of aliphatic hydroxyl groups is 2. The minimum absolute atomic E-state index is 0.0600. The number of aliphatic hydroxyl groups excluding tert-OH is 2. The van der Waals surface area contributed by atoms with Crippen LogP contribution in [0.2, 0.25) is 0 Å². The molecule has 5 rings (SSSR count). The van der Waals surface area contributed by atoms with Crippen molar-refractivity contribution < 1.29 is 62.7 Å². The van der Waals surface area contributed by atoms with E-state index in [2.05, 4.69) is 5.32 Å². The van der Waals surface area contributed by atoms with E-state index in [0.29, 0.717) is 0 Å². The summed E-state index contributed by atoms with van der Waals surface area (Å²) in [5.74, 6) is -9.71. The van der Waals surface area contributed by atoms with Crippen LogP contribution in [0.5, 0.6) is 11.5 Å². The lowest BCUT2D eigenvalue weighted by Crippen LogP contribution is -2.46. The SMILES string of the molecule is CO[C@H]1/C=C/O[C@@]2(C)Oc3c(C)c(OC(C)=O)c4c(c3C2=O)C(=O)C=C(NC(=O)/C(C)=C\C=C\[C@H](C)[C@H](O)[C@@H](C)[C@@H](O)[C@@H](C)[C@H](OC(C)=O)[C@@H]1C)C4=O. The summed E-state index contributed by atoms with van der Waals surface area (Å²) in [7, 11) is 1.41. The predicted octanol–water partition coefficient (Wildman–Crippen LogP) is 3.85. The van der Waals surface area contributed by atoms with Gasteiger partial charge in [0.15, 0.2) is 5.78 Å². The van der Waals surface area contributed by atoms with E-state index < -0.39 is 100 Å². The number of hydrogen-bond acceptors (Lipinski definition) is 13. The molecule has 53 heavy (non-hydrogen) atoms. The number of carbonyl (C=O) groups is 6. The summed E-state index contributed by atoms with van der Waals surface area (Å²) >= 11 is 0. The Kier molecular flexibility index (Phi) is 12.3. The molecule has 9 atom stereocenters. The van der Waals surface area contributed by atoms with Crippen LogP contribution >= 0.6 is 0 Å². The Bertz CT molecular complexity index is 1840. The molecule has 0 spiro atoms. The summed E-state index contributed by atoms with van der Waals surface area (Å²) in [6.07, 6.45) is 4.21. The molecule has 0 saturated carbocycles. The monoisotopic (exact) mass is 737 g/mol. The molecule has 0 fully saturated rings. The van der Waals surface area contributed by atoms with E-state index in [1.54, 1.807) is 33.8 Å². The minimum atomic E-state index is -2.07. The van der Waals surface area contributed by atoms with Gasteiger partial charge in [-0.1, -0.05) is 45.9 Å². The van der Waals surface area contributed by atoms with Crippen molar-refractivity contribution in [2.75, 3.05) is 7.11 Å². The van der Waals surface area contributed by atoms with Crippen LogP contribution in [0.3, 0.4) is 0 Å². The second-order valence-corrected chi connectivity index (χ2v) is 14.0. The number of allylic oxidation sites excluding steroid dienone is 4. The summed E-state index contributed by atoms with van der Waals surface area (Å²) in [5, 5.41) is 25.1. The van der Waals surface area contributed by atoms with Gasteiger partial charge in [0.2, 0.25) is 5.78 Å². The molecule has 3 heterocycles. The standard InChI is InChI=1S/C39H47NO13/c1-17-12-11-13-18(2)38(48)40-25-16-26(43)28-29(33(25)46)35(52-24(8)42)22(6)36-30(28)37(47)39(9,53-36)50-15-14-27(49-10)19(3)34(51-23(7)41)21(5)32(45)20(4)31(17)44/h11-17,19-21,27,31-32,34,44-45H,1-10H3,(H,40,48)/b12-11+,15-14+,18-13-/t17-,19+,20+,21+,27-,31-,32+,34+,39-/m0/s1. The van der Waals surface area contributed by atoms with E-state index in [1.807, 2.05) is 0 Å². The first kappa shape index (κ1) is 40.8. The summed E-state index contributed by atoms with van der Waals surface area (Å²) in [4.78, 5) is 79.4. The number of benzene rings is 1. The Balaban J connectivity index is 1.88. The molecule has 5 bridgehead atoms. The predicted molar refractivity (Wildman–Crippen MR) is 189 cm³/mol. The van der Waals surface area contributed by atoms with Crippen LogP contribution in [0, 0.1) is 30.6 Å². The lowest BCUT2D eigenvalue weighted by molar-refractivity contribution is -0.160. The molecule has 1 amide bonds. The van der Waals surface area contributed by atoms with Crippen molar-refractivity contribution in [2.24, 2.45) is 23.7 Å². The van der Waals surface area contributed by atoms with Crippen molar-refractivity contribution in [3.05, 3.63) is 70.2 Å². The third kappa shape index (κ3) is 8.04. The smallest absolute Gasteiger partial charge is 0.312 e. The Morgan fingerprint density at radius 1 is 0.887 bits per heavy atom. The molecule has 0 unspecified atom stereocenters. The first-order valence-corrected chi connectivity index (χ1v) is 17.3. The van der Waals surface area contributed by atoms with Gasteiger partial charge in [-0.3, -0.25) is 28.8 Å². The van der Waals surface area contributed by atoms with Crippen molar-refractivity contribution in [3.63, 3.8) is 0 Å². The second kappa shape index (κ2) is 16.0. The van der Waals surface area contributed by atoms with Gasteiger partial charge < -0.3 is 39.2 Å². The van der Waals surface area contributed by atoms with Crippen molar-refractivity contribution >= 4 is 35.2 Å². The van der Waals surface area contributed by atoms with E-state index in [4.69, 9.17) is 23.7 Å². The molecule has 0 aromatic heterocycles. The van der Waals surface area contributed by atoms with Crippen molar-refractivity contribution in [1.82, 2.24) is 5.32 Å². The second-order valence-electron chi connectivity index (χ2n) is 14.0. The van der Waals surface area contributed by atoms with Gasteiger partial charge in [0.1, 0.15) is 17.6 Å². The highest BCUT2D eigenvalue weighted by molar-refractivity contribution is 6.31. The minimum Gasteiger partial charge on any atom is -0.462 e. The van der Waals surface area contributed by atoms with Gasteiger partial charge >= 0.3 is 17.7 Å². The quantitative estimate of drug-likeness (QED) is 0.299. The molecule has 3 N–H and O–H groups in total. The molecule has 14 nitrogen and oxygen atoms in total. The highest BCUT2D eigenvalue weighted by Gasteiger charge is 2.52. The number of methoxy groups -OCH3 is 1. The average Bonchev–Trinajstić information content (AvgIpc) is 3.36. The zero-order valence-electron chi connectivity index (χ0n) is 31.5. The molecule has 1 aliphatic carbocycles. The number of ketones is 3. The van der Waals surface area contributed by atoms with Crippen LogP contribution in [0.1, 0.15) is 92.0 Å². The molecule has 0 radical (unpaired) electrons. The Hall–Kier alpha value is -4.92. The number of rotatable bonds is 3. The van der Waals surface area contributed by atoms with Crippen LogP contribution in [0.25, 0.3) is 0 Å². The van der Waals surface area contributed by atoms with Crippen molar-refractivity contribution in [2.45, 2.75) is 92.5 Å². The first-order chi connectivity index (χ1) is 24.7. The third-order valence-electron chi connectivity index (χ3n) is 10.0. The Morgan fingerprint density at radius 2 is 1.55 bits per heavy atom. The number of fused-ring (bicyclic) bond motifs is 14. The molecule has 286 valence electrons. The topological polar surface area (TPSA) is 201 Å². The summed E-state index contributed by atoms with van der Waals surface area (Å²) in [5.41, 5.74) is -1.26. The van der Waals surface area contributed by atoms with E-state index in [9.17, 15) is 39.0 Å². The number of Topliss-reactive ketones (excluding diaryl/α,β-unsaturated/α-hetero) is 2. The number of ether oxygens (including phenoxy) is 5. The molecular weight excluding hydrogens is 690 g/mol.